The molecule has 0 saturated carbocycles. The first-order valence-electron chi connectivity index (χ1n) is 9.42. The molecule has 4 nitrogen and oxygen atoms in total. The molecule has 1 heterocycles. The average Bonchev–Trinajstić information content (AvgIpc) is 3.06. The first-order valence-corrected chi connectivity index (χ1v) is 9.80. The van der Waals surface area contributed by atoms with Gasteiger partial charge in [-0.3, -0.25) is 4.79 Å². The van der Waals surface area contributed by atoms with E-state index in [1.807, 2.05) is 13.0 Å². The molecule has 0 atom stereocenters. The van der Waals surface area contributed by atoms with E-state index in [0.29, 0.717) is 16.5 Å². The van der Waals surface area contributed by atoms with Crippen molar-refractivity contribution < 1.29 is 13.9 Å². The molecule has 2 aromatic carbocycles. The molecule has 0 saturated heterocycles. The van der Waals surface area contributed by atoms with Gasteiger partial charge in [-0.15, -0.1) is 0 Å². The van der Waals surface area contributed by atoms with Crippen LogP contribution >= 0.6 is 11.6 Å². The highest BCUT2D eigenvalue weighted by atomic mass is 35.5. The fraction of sp³-hybridized carbons (Fsp3) is 0.261. The zero-order valence-corrected chi connectivity index (χ0v) is 16.7. The normalized spacial score (nSPS) is 14.0. The molecule has 1 N–H and O–H groups in total. The summed E-state index contributed by atoms with van der Waals surface area (Å²) in [6.45, 7) is 1.91. The van der Waals surface area contributed by atoms with E-state index in [0.717, 1.165) is 40.7 Å². The molecule has 0 radical (unpaired) electrons. The fourth-order valence-corrected chi connectivity index (χ4v) is 3.88. The third kappa shape index (κ3) is 3.65. The van der Waals surface area contributed by atoms with Crippen molar-refractivity contribution >= 4 is 39.7 Å². The molecule has 3 aromatic rings. The van der Waals surface area contributed by atoms with Gasteiger partial charge in [0.05, 0.1) is 7.11 Å². The highest BCUT2D eigenvalue weighted by molar-refractivity contribution is 6.30. The van der Waals surface area contributed by atoms with Gasteiger partial charge < -0.3 is 14.5 Å². The van der Waals surface area contributed by atoms with Crippen LogP contribution in [0.2, 0.25) is 5.02 Å². The topological polar surface area (TPSA) is 51.5 Å². The van der Waals surface area contributed by atoms with Gasteiger partial charge in [-0.1, -0.05) is 11.6 Å². The maximum Gasteiger partial charge on any atom is 0.248 e. The van der Waals surface area contributed by atoms with Crippen LogP contribution in [0, 0.1) is 0 Å². The molecule has 0 bridgehead atoms. The number of ether oxygens (including phenoxy) is 1. The van der Waals surface area contributed by atoms with E-state index in [-0.39, 0.29) is 5.91 Å². The molecule has 1 aromatic heterocycles. The number of hydrogen-bond donors (Lipinski definition) is 1. The van der Waals surface area contributed by atoms with Crippen LogP contribution in [-0.4, -0.2) is 13.0 Å². The molecule has 0 unspecified atom stereocenters. The van der Waals surface area contributed by atoms with E-state index in [4.69, 9.17) is 20.8 Å². The minimum absolute atomic E-state index is 0.198. The van der Waals surface area contributed by atoms with Crippen molar-refractivity contribution in [3.8, 4) is 5.75 Å². The Morgan fingerprint density at radius 1 is 1.18 bits per heavy atom. The number of benzene rings is 2. The van der Waals surface area contributed by atoms with Gasteiger partial charge in [0.15, 0.2) is 0 Å². The Balaban J connectivity index is 1.67. The zero-order chi connectivity index (χ0) is 19.7. The molecule has 4 rings (SSSR count). The highest BCUT2D eigenvalue weighted by Crippen LogP contribution is 2.37. The molecule has 0 fully saturated rings. The van der Waals surface area contributed by atoms with E-state index in [1.54, 1.807) is 37.5 Å². The monoisotopic (exact) mass is 395 g/mol. The lowest BCUT2D eigenvalue weighted by atomic mass is 9.94. The molecule has 1 aliphatic rings. The number of carbonyl (C=O) groups excluding carboxylic acids is 1. The van der Waals surface area contributed by atoms with Crippen molar-refractivity contribution in [3.05, 3.63) is 64.4 Å². The summed E-state index contributed by atoms with van der Waals surface area (Å²) in [6.07, 6.45) is 5.96. The van der Waals surface area contributed by atoms with Crippen molar-refractivity contribution in [2.75, 3.05) is 12.4 Å². The summed E-state index contributed by atoms with van der Waals surface area (Å²) in [5.41, 5.74) is 4.57. The van der Waals surface area contributed by atoms with Crippen molar-refractivity contribution in [1.82, 2.24) is 0 Å². The summed E-state index contributed by atoms with van der Waals surface area (Å²) in [7, 11) is 1.63. The SMILES string of the molecule is COc1cc2oc3c(c2cc1/C(C)=C/C(=O)Nc1ccc(Cl)cc1)CCCC3. The Kier molecular flexibility index (Phi) is 5.14. The Labute approximate surface area is 169 Å². The third-order valence-corrected chi connectivity index (χ3v) is 5.41. The van der Waals surface area contributed by atoms with Gasteiger partial charge in [0.1, 0.15) is 17.1 Å². The Bertz CT molecular complexity index is 1060. The quantitative estimate of drug-likeness (QED) is 0.550. The molecule has 144 valence electrons. The van der Waals surface area contributed by atoms with Crippen LogP contribution in [0.1, 0.15) is 36.7 Å². The van der Waals surface area contributed by atoms with Crippen LogP contribution in [0.5, 0.6) is 5.75 Å². The lowest BCUT2D eigenvalue weighted by Crippen LogP contribution is -2.08. The number of amides is 1. The third-order valence-electron chi connectivity index (χ3n) is 5.16. The van der Waals surface area contributed by atoms with Gasteiger partial charge in [-0.2, -0.15) is 0 Å². The second-order valence-corrected chi connectivity index (χ2v) is 7.52. The van der Waals surface area contributed by atoms with Crippen LogP contribution in [0.4, 0.5) is 5.69 Å². The largest absolute Gasteiger partial charge is 0.496 e. The summed E-state index contributed by atoms with van der Waals surface area (Å²) in [6, 6.07) is 11.0. The van der Waals surface area contributed by atoms with Gasteiger partial charge in [-0.05, 0) is 62.1 Å². The first-order chi connectivity index (χ1) is 13.5. The van der Waals surface area contributed by atoms with Crippen molar-refractivity contribution in [3.63, 3.8) is 0 Å². The van der Waals surface area contributed by atoms with Crippen molar-refractivity contribution in [1.29, 1.82) is 0 Å². The van der Waals surface area contributed by atoms with Crippen LogP contribution < -0.4 is 10.1 Å². The van der Waals surface area contributed by atoms with Crippen LogP contribution in [0.3, 0.4) is 0 Å². The van der Waals surface area contributed by atoms with Crippen LogP contribution in [0.25, 0.3) is 16.5 Å². The van der Waals surface area contributed by atoms with Gasteiger partial charge >= 0.3 is 0 Å². The predicted octanol–water partition coefficient (Wildman–Crippen LogP) is 6.02. The molecular formula is C23H22ClNO3. The summed E-state index contributed by atoms with van der Waals surface area (Å²) in [5, 5.41) is 4.61. The van der Waals surface area contributed by atoms with Crippen molar-refractivity contribution in [2.24, 2.45) is 0 Å². The van der Waals surface area contributed by atoms with Gasteiger partial charge in [0.2, 0.25) is 5.91 Å². The minimum Gasteiger partial charge on any atom is -0.496 e. The lowest BCUT2D eigenvalue weighted by Gasteiger charge is -2.11. The number of fused-ring (bicyclic) bond motifs is 3. The summed E-state index contributed by atoms with van der Waals surface area (Å²) < 4.78 is 11.6. The van der Waals surface area contributed by atoms with Crippen LogP contribution in [-0.2, 0) is 17.6 Å². The number of furan rings is 1. The molecule has 5 heteroatoms. The standard InChI is InChI=1S/C23H22ClNO3/c1-14(11-23(26)25-16-9-7-15(24)8-10-16)18-12-19-17-5-3-4-6-20(17)28-22(19)13-21(18)27-2/h7-13H,3-6H2,1-2H3,(H,25,26)/b14-11+. The Morgan fingerprint density at radius 2 is 1.93 bits per heavy atom. The molecule has 0 aliphatic heterocycles. The van der Waals surface area contributed by atoms with Gasteiger partial charge in [0, 0.05) is 45.8 Å². The number of halogens is 1. The predicted molar refractivity (Wildman–Crippen MR) is 113 cm³/mol. The number of rotatable bonds is 4. The summed E-state index contributed by atoms with van der Waals surface area (Å²) in [5.74, 6) is 1.59. The fourth-order valence-electron chi connectivity index (χ4n) is 3.75. The number of allylic oxidation sites excluding steroid dienone is 1. The second kappa shape index (κ2) is 7.72. The molecule has 1 aliphatic carbocycles. The van der Waals surface area contributed by atoms with E-state index in [2.05, 4.69) is 11.4 Å². The van der Waals surface area contributed by atoms with Gasteiger partial charge in [-0.25, -0.2) is 0 Å². The smallest absolute Gasteiger partial charge is 0.248 e. The Morgan fingerprint density at radius 3 is 2.68 bits per heavy atom. The van der Waals surface area contributed by atoms with Gasteiger partial charge in [0.25, 0.3) is 0 Å². The molecule has 28 heavy (non-hydrogen) atoms. The molecule has 0 spiro atoms. The molecule has 1 amide bonds. The number of nitrogens with one attached hydrogen (secondary N) is 1. The number of anilines is 1. The van der Waals surface area contributed by atoms with Crippen molar-refractivity contribution in [2.45, 2.75) is 32.6 Å². The number of hydrogen-bond acceptors (Lipinski definition) is 3. The van der Waals surface area contributed by atoms with E-state index >= 15 is 0 Å². The number of carbonyl (C=O) groups is 1. The van der Waals surface area contributed by atoms with Crippen LogP contribution in [0.15, 0.2) is 46.9 Å². The summed E-state index contributed by atoms with van der Waals surface area (Å²) >= 11 is 5.89. The lowest BCUT2D eigenvalue weighted by molar-refractivity contribution is -0.111. The average molecular weight is 396 g/mol. The maximum atomic E-state index is 12.4. The second-order valence-electron chi connectivity index (χ2n) is 7.08. The Hall–Kier alpha value is -2.72. The zero-order valence-electron chi connectivity index (χ0n) is 16.0. The highest BCUT2D eigenvalue weighted by Gasteiger charge is 2.20. The number of aryl methyl sites for hydroxylation is 2. The van der Waals surface area contributed by atoms with E-state index < -0.39 is 0 Å². The van der Waals surface area contributed by atoms with E-state index in [9.17, 15) is 4.79 Å². The summed E-state index contributed by atoms with van der Waals surface area (Å²) in [4.78, 5) is 12.4. The minimum atomic E-state index is -0.198. The first kappa shape index (κ1) is 18.6. The molecular weight excluding hydrogens is 374 g/mol. The number of methoxy groups -OCH3 is 1. The maximum absolute atomic E-state index is 12.4. The van der Waals surface area contributed by atoms with E-state index in [1.165, 1.54) is 18.4 Å².